The Bertz CT molecular complexity index is 1320. The number of fused-ring (bicyclic) bond motifs is 5. The lowest BCUT2D eigenvalue weighted by atomic mass is 9.77. The molecule has 0 aromatic heterocycles. The van der Waals surface area contributed by atoms with Gasteiger partial charge < -0.3 is 30.1 Å². The van der Waals surface area contributed by atoms with Gasteiger partial charge in [0.15, 0.2) is 17.3 Å². The highest BCUT2D eigenvalue weighted by Crippen LogP contribution is 2.55. The summed E-state index contributed by atoms with van der Waals surface area (Å²) < 4.78 is 17.5. The van der Waals surface area contributed by atoms with Gasteiger partial charge in [0.05, 0.1) is 6.54 Å². The third kappa shape index (κ3) is 2.77. The summed E-state index contributed by atoms with van der Waals surface area (Å²) in [7, 11) is 0. The molecular weight excluding hydrogens is 422 g/mol. The highest BCUT2D eigenvalue weighted by molar-refractivity contribution is 6.11. The van der Waals surface area contributed by atoms with E-state index in [9.17, 15) is 4.79 Å². The van der Waals surface area contributed by atoms with Crippen LogP contribution in [0.3, 0.4) is 0 Å². The van der Waals surface area contributed by atoms with E-state index in [1.165, 1.54) is 0 Å². The van der Waals surface area contributed by atoms with E-state index in [-0.39, 0.29) is 18.3 Å². The zero-order valence-electron chi connectivity index (χ0n) is 17.7. The van der Waals surface area contributed by atoms with Gasteiger partial charge in [-0.15, -0.1) is 0 Å². The number of amides is 1. The number of nitrogens with zero attached hydrogens (tertiary/aromatic N) is 2. The summed E-state index contributed by atoms with van der Waals surface area (Å²) >= 11 is 0. The fourth-order valence-electron chi connectivity index (χ4n) is 4.94. The molecule has 0 saturated carbocycles. The SMILES string of the molecule is N/C(=N/O)c1cccc(CN2C(=O)C3(COc4cc5c(cc43)OCCO5)c3ccccc32)c1. The minimum absolute atomic E-state index is 0.0200. The zero-order chi connectivity index (χ0) is 22.6. The van der Waals surface area contributed by atoms with Crippen LogP contribution in [0.5, 0.6) is 17.2 Å². The molecule has 6 rings (SSSR count). The van der Waals surface area contributed by atoms with Crippen LogP contribution in [-0.4, -0.2) is 36.8 Å². The predicted octanol–water partition coefficient (Wildman–Crippen LogP) is 2.78. The topological polar surface area (TPSA) is 107 Å². The van der Waals surface area contributed by atoms with E-state index in [2.05, 4.69) is 5.16 Å². The van der Waals surface area contributed by atoms with Gasteiger partial charge in [-0.2, -0.15) is 0 Å². The third-order valence-corrected chi connectivity index (χ3v) is 6.48. The number of oxime groups is 1. The standard InChI is InChI=1S/C25H21N3O5/c26-23(27-30)16-5-3-4-15(10-16)13-28-19-7-2-1-6-17(19)25(24(28)29)14-33-20-12-22-21(11-18(20)25)31-8-9-32-22/h1-7,10-12,30H,8-9,13-14H2,(H2,26,27). The van der Waals surface area contributed by atoms with Gasteiger partial charge in [-0.3, -0.25) is 4.79 Å². The molecule has 3 aromatic rings. The molecule has 3 aromatic carbocycles. The second-order valence-corrected chi connectivity index (χ2v) is 8.28. The number of ether oxygens (including phenoxy) is 3. The van der Waals surface area contributed by atoms with Gasteiger partial charge in [0.25, 0.3) is 0 Å². The van der Waals surface area contributed by atoms with Crippen LogP contribution in [-0.2, 0) is 16.8 Å². The number of rotatable bonds is 3. The van der Waals surface area contributed by atoms with Crippen molar-refractivity contribution in [2.45, 2.75) is 12.0 Å². The van der Waals surface area contributed by atoms with Crippen LogP contribution in [0, 0.1) is 0 Å². The monoisotopic (exact) mass is 443 g/mol. The largest absolute Gasteiger partial charge is 0.491 e. The average Bonchev–Trinajstić information content (AvgIpc) is 3.34. The van der Waals surface area contributed by atoms with Gasteiger partial charge >= 0.3 is 0 Å². The number of carbonyl (C=O) groups is 1. The fourth-order valence-corrected chi connectivity index (χ4v) is 4.94. The maximum Gasteiger partial charge on any atom is 0.246 e. The lowest BCUT2D eigenvalue weighted by Gasteiger charge is -2.24. The van der Waals surface area contributed by atoms with E-state index in [1.807, 2.05) is 54.6 Å². The number of anilines is 1. The summed E-state index contributed by atoms with van der Waals surface area (Å²) in [5.41, 5.74) is 8.78. The molecule has 1 unspecified atom stereocenters. The molecule has 3 heterocycles. The van der Waals surface area contributed by atoms with E-state index in [0.717, 1.165) is 22.4 Å². The fraction of sp³-hybridized carbons (Fsp3) is 0.200. The highest BCUT2D eigenvalue weighted by atomic mass is 16.6. The molecule has 3 aliphatic heterocycles. The van der Waals surface area contributed by atoms with E-state index in [4.69, 9.17) is 25.2 Å². The quantitative estimate of drug-likeness (QED) is 0.279. The van der Waals surface area contributed by atoms with Crippen molar-refractivity contribution in [1.82, 2.24) is 0 Å². The molecule has 8 heteroatoms. The van der Waals surface area contributed by atoms with Crippen LogP contribution in [0.15, 0.2) is 65.8 Å². The summed E-state index contributed by atoms with van der Waals surface area (Å²) in [6, 6.07) is 18.8. The van der Waals surface area contributed by atoms with Crippen molar-refractivity contribution in [3.8, 4) is 17.2 Å². The molecule has 3 N–H and O–H groups in total. The predicted molar refractivity (Wildman–Crippen MR) is 120 cm³/mol. The van der Waals surface area contributed by atoms with Crippen LogP contribution < -0.4 is 24.8 Å². The van der Waals surface area contributed by atoms with Crippen molar-refractivity contribution in [3.63, 3.8) is 0 Å². The Kier molecular flexibility index (Phi) is 4.23. The third-order valence-electron chi connectivity index (χ3n) is 6.48. The van der Waals surface area contributed by atoms with Gasteiger partial charge in [0.2, 0.25) is 5.91 Å². The number of hydrogen-bond donors (Lipinski definition) is 2. The minimum Gasteiger partial charge on any atom is -0.491 e. The lowest BCUT2D eigenvalue weighted by molar-refractivity contribution is -0.122. The smallest absolute Gasteiger partial charge is 0.246 e. The van der Waals surface area contributed by atoms with Gasteiger partial charge in [-0.05, 0) is 29.3 Å². The molecule has 1 amide bonds. The van der Waals surface area contributed by atoms with Crippen molar-refractivity contribution < 1.29 is 24.2 Å². The van der Waals surface area contributed by atoms with Crippen LogP contribution in [0.1, 0.15) is 22.3 Å². The van der Waals surface area contributed by atoms with Crippen molar-refractivity contribution >= 4 is 17.4 Å². The number of para-hydroxylation sites is 1. The first-order valence-electron chi connectivity index (χ1n) is 10.7. The Hall–Kier alpha value is -4.20. The van der Waals surface area contributed by atoms with Gasteiger partial charge in [-0.25, -0.2) is 0 Å². The van der Waals surface area contributed by atoms with Gasteiger partial charge in [-0.1, -0.05) is 41.6 Å². The molecule has 1 atom stereocenters. The van der Waals surface area contributed by atoms with Crippen LogP contribution in [0.25, 0.3) is 0 Å². The summed E-state index contributed by atoms with van der Waals surface area (Å²) in [4.78, 5) is 15.9. The van der Waals surface area contributed by atoms with Crippen LogP contribution >= 0.6 is 0 Å². The molecule has 8 nitrogen and oxygen atoms in total. The number of carbonyl (C=O) groups excluding carboxylic acids is 1. The van der Waals surface area contributed by atoms with E-state index in [0.29, 0.717) is 42.6 Å². The molecule has 0 saturated heterocycles. The maximum absolute atomic E-state index is 14.1. The molecule has 0 bridgehead atoms. The summed E-state index contributed by atoms with van der Waals surface area (Å²) in [5.74, 6) is 1.85. The number of benzene rings is 3. The van der Waals surface area contributed by atoms with Crippen molar-refractivity contribution in [3.05, 3.63) is 82.9 Å². The summed E-state index contributed by atoms with van der Waals surface area (Å²) in [6.07, 6.45) is 0. The minimum atomic E-state index is -0.953. The van der Waals surface area contributed by atoms with Crippen LogP contribution in [0.2, 0.25) is 0 Å². The normalized spacial score (nSPS) is 20.5. The molecular formula is C25H21N3O5. The highest BCUT2D eigenvalue weighted by Gasteiger charge is 2.57. The first-order valence-corrected chi connectivity index (χ1v) is 10.7. The zero-order valence-corrected chi connectivity index (χ0v) is 17.7. The Morgan fingerprint density at radius 3 is 2.58 bits per heavy atom. The number of amidine groups is 1. The average molecular weight is 443 g/mol. The maximum atomic E-state index is 14.1. The van der Waals surface area contributed by atoms with Gasteiger partial charge in [0.1, 0.15) is 31.0 Å². The molecule has 3 aliphatic rings. The first kappa shape index (κ1) is 19.5. The molecule has 0 radical (unpaired) electrons. The van der Waals surface area contributed by atoms with Crippen LogP contribution in [0.4, 0.5) is 5.69 Å². The van der Waals surface area contributed by atoms with Gasteiger partial charge in [0, 0.05) is 22.9 Å². The second-order valence-electron chi connectivity index (χ2n) is 8.28. The van der Waals surface area contributed by atoms with E-state index in [1.54, 1.807) is 11.0 Å². The molecule has 166 valence electrons. The Morgan fingerprint density at radius 2 is 1.76 bits per heavy atom. The van der Waals surface area contributed by atoms with Crippen molar-refractivity contribution in [1.29, 1.82) is 0 Å². The summed E-state index contributed by atoms with van der Waals surface area (Å²) in [5, 5.41) is 12.1. The Balaban J connectivity index is 1.45. The van der Waals surface area contributed by atoms with Crippen molar-refractivity contribution in [2.75, 3.05) is 24.7 Å². The molecule has 0 fully saturated rings. The molecule has 33 heavy (non-hydrogen) atoms. The van der Waals surface area contributed by atoms with E-state index < -0.39 is 5.41 Å². The second kappa shape index (κ2) is 7.16. The Labute approximate surface area is 189 Å². The van der Waals surface area contributed by atoms with E-state index >= 15 is 0 Å². The van der Waals surface area contributed by atoms with Crippen molar-refractivity contribution in [2.24, 2.45) is 10.9 Å². The lowest BCUT2D eigenvalue weighted by Crippen LogP contribution is -2.42. The summed E-state index contributed by atoms with van der Waals surface area (Å²) in [6.45, 7) is 1.50. The number of hydrogen-bond acceptors (Lipinski definition) is 6. The Morgan fingerprint density at radius 1 is 0.970 bits per heavy atom. The number of nitrogens with two attached hydrogens (primary N) is 1. The first-order chi connectivity index (χ1) is 16.1. The molecule has 1 spiro atoms. The molecule has 0 aliphatic carbocycles.